The Balaban J connectivity index is 1.99. The molecule has 0 atom stereocenters. The molecule has 2 rings (SSSR count). The average molecular weight is 292 g/mol. The molecule has 0 aliphatic rings. The SMILES string of the molecule is Cc1cc(Nc2ccc(OC(=O)CCCl)cc2)ncn1. The highest BCUT2D eigenvalue weighted by molar-refractivity contribution is 6.18. The molecular weight excluding hydrogens is 278 g/mol. The molecule has 1 aromatic carbocycles. The van der Waals surface area contributed by atoms with Crippen LogP contribution in [0.15, 0.2) is 36.7 Å². The van der Waals surface area contributed by atoms with Gasteiger partial charge in [0, 0.05) is 23.3 Å². The highest BCUT2D eigenvalue weighted by Gasteiger charge is 2.04. The van der Waals surface area contributed by atoms with Gasteiger partial charge in [-0.1, -0.05) is 0 Å². The summed E-state index contributed by atoms with van der Waals surface area (Å²) in [5.74, 6) is 1.12. The number of aryl methyl sites for hydroxylation is 1. The third-order valence-electron chi connectivity index (χ3n) is 2.46. The van der Waals surface area contributed by atoms with E-state index in [1.54, 1.807) is 24.3 Å². The van der Waals surface area contributed by atoms with Crippen molar-refractivity contribution in [3.05, 3.63) is 42.4 Å². The minimum atomic E-state index is -0.341. The second kappa shape index (κ2) is 6.86. The molecule has 0 fully saturated rings. The van der Waals surface area contributed by atoms with Crippen LogP contribution in [0.1, 0.15) is 12.1 Å². The van der Waals surface area contributed by atoms with Crippen LogP contribution in [0.4, 0.5) is 11.5 Å². The second-order valence-corrected chi connectivity index (χ2v) is 4.49. The third-order valence-corrected chi connectivity index (χ3v) is 2.65. The van der Waals surface area contributed by atoms with Crippen LogP contribution in [0.5, 0.6) is 5.75 Å². The lowest BCUT2D eigenvalue weighted by atomic mass is 10.3. The van der Waals surface area contributed by atoms with Crippen LogP contribution in [-0.4, -0.2) is 21.8 Å². The Kier molecular flexibility index (Phi) is 4.90. The van der Waals surface area contributed by atoms with Crippen molar-refractivity contribution in [2.24, 2.45) is 0 Å². The van der Waals surface area contributed by atoms with Crippen LogP contribution in [0, 0.1) is 6.92 Å². The number of rotatable bonds is 5. The Labute approximate surface area is 122 Å². The molecule has 0 radical (unpaired) electrons. The molecule has 5 nitrogen and oxygen atoms in total. The van der Waals surface area contributed by atoms with Crippen LogP contribution >= 0.6 is 11.6 Å². The van der Waals surface area contributed by atoms with E-state index in [4.69, 9.17) is 16.3 Å². The summed E-state index contributed by atoms with van der Waals surface area (Å²) < 4.78 is 5.10. The van der Waals surface area contributed by atoms with Gasteiger partial charge in [-0.25, -0.2) is 9.97 Å². The Morgan fingerprint density at radius 2 is 2.05 bits per heavy atom. The number of nitrogens with zero attached hydrogens (tertiary/aromatic N) is 2. The van der Waals surface area contributed by atoms with Crippen molar-refractivity contribution in [2.75, 3.05) is 11.2 Å². The lowest BCUT2D eigenvalue weighted by Gasteiger charge is -2.07. The summed E-state index contributed by atoms with van der Waals surface area (Å²) >= 11 is 5.47. The van der Waals surface area contributed by atoms with E-state index in [1.165, 1.54) is 6.33 Å². The molecule has 0 saturated carbocycles. The molecule has 0 spiro atoms. The molecule has 1 N–H and O–H groups in total. The molecule has 104 valence electrons. The van der Waals surface area contributed by atoms with Gasteiger partial charge in [-0.3, -0.25) is 4.79 Å². The van der Waals surface area contributed by atoms with Gasteiger partial charge in [0.25, 0.3) is 0 Å². The number of carbonyl (C=O) groups excluding carboxylic acids is 1. The average Bonchev–Trinajstić information content (AvgIpc) is 2.41. The first-order valence-electron chi connectivity index (χ1n) is 6.10. The predicted molar refractivity (Wildman–Crippen MR) is 77.5 cm³/mol. The Morgan fingerprint density at radius 3 is 2.70 bits per heavy atom. The topological polar surface area (TPSA) is 64.1 Å². The molecule has 0 bridgehead atoms. The van der Waals surface area contributed by atoms with Crippen molar-refractivity contribution < 1.29 is 9.53 Å². The Hall–Kier alpha value is -2.14. The molecule has 20 heavy (non-hydrogen) atoms. The number of hydrogen-bond donors (Lipinski definition) is 1. The van der Waals surface area contributed by atoms with E-state index < -0.39 is 0 Å². The zero-order chi connectivity index (χ0) is 14.4. The summed E-state index contributed by atoms with van der Waals surface area (Å²) in [5.41, 5.74) is 1.73. The molecule has 2 aromatic rings. The number of hydrogen-bond acceptors (Lipinski definition) is 5. The fourth-order valence-electron chi connectivity index (χ4n) is 1.54. The predicted octanol–water partition coefficient (Wildman–Crippen LogP) is 3.06. The van der Waals surface area contributed by atoms with Crippen LogP contribution in [-0.2, 0) is 4.79 Å². The van der Waals surface area contributed by atoms with E-state index in [9.17, 15) is 4.79 Å². The van der Waals surface area contributed by atoms with Crippen LogP contribution < -0.4 is 10.1 Å². The van der Waals surface area contributed by atoms with E-state index in [0.717, 1.165) is 11.4 Å². The quantitative estimate of drug-likeness (QED) is 0.521. The zero-order valence-corrected chi connectivity index (χ0v) is 11.7. The first kappa shape index (κ1) is 14.3. The maximum Gasteiger partial charge on any atom is 0.312 e. The third kappa shape index (κ3) is 4.20. The Bertz CT molecular complexity index is 587. The van der Waals surface area contributed by atoms with Crippen molar-refractivity contribution in [2.45, 2.75) is 13.3 Å². The summed E-state index contributed by atoms with van der Waals surface area (Å²) in [4.78, 5) is 19.4. The molecule has 0 saturated heterocycles. The number of carbonyl (C=O) groups is 1. The van der Waals surface area contributed by atoms with Crippen molar-refractivity contribution in [3.8, 4) is 5.75 Å². The van der Waals surface area contributed by atoms with E-state index in [-0.39, 0.29) is 18.3 Å². The molecule has 0 unspecified atom stereocenters. The smallest absolute Gasteiger partial charge is 0.312 e. The van der Waals surface area contributed by atoms with Crippen molar-refractivity contribution in [1.82, 2.24) is 9.97 Å². The van der Waals surface area contributed by atoms with E-state index in [2.05, 4.69) is 15.3 Å². The number of esters is 1. The van der Waals surface area contributed by atoms with Gasteiger partial charge in [-0.2, -0.15) is 0 Å². The van der Waals surface area contributed by atoms with Crippen molar-refractivity contribution >= 4 is 29.1 Å². The largest absolute Gasteiger partial charge is 0.426 e. The van der Waals surface area contributed by atoms with Gasteiger partial charge in [0.2, 0.25) is 0 Å². The highest BCUT2D eigenvalue weighted by atomic mass is 35.5. The van der Waals surface area contributed by atoms with E-state index >= 15 is 0 Å². The van der Waals surface area contributed by atoms with E-state index in [1.807, 2.05) is 13.0 Å². The first-order valence-corrected chi connectivity index (χ1v) is 6.63. The lowest BCUT2D eigenvalue weighted by Crippen LogP contribution is -2.08. The molecule has 1 heterocycles. The van der Waals surface area contributed by atoms with Gasteiger partial charge >= 0.3 is 5.97 Å². The van der Waals surface area contributed by atoms with Gasteiger partial charge < -0.3 is 10.1 Å². The van der Waals surface area contributed by atoms with Gasteiger partial charge in [0.05, 0.1) is 6.42 Å². The summed E-state index contributed by atoms with van der Waals surface area (Å²) in [6.45, 7) is 1.90. The minimum Gasteiger partial charge on any atom is -0.426 e. The molecule has 0 aliphatic heterocycles. The van der Waals surface area contributed by atoms with Gasteiger partial charge in [-0.05, 0) is 31.2 Å². The summed E-state index contributed by atoms with van der Waals surface area (Å²) in [6.07, 6.45) is 1.70. The minimum absolute atomic E-state index is 0.196. The number of anilines is 2. The fraction of sp³-hybridized carbons (Fsp3) is 0.214. The number of benzene rings is 1. The fourth-order valence-corrected chi connectivity index (χ4v) is 1.69. The van der Waals surface area contributed by atoms with Gasteiger partial charge in [0.1, 0.15) is 17.9 Å². The molecule has 6 heteroatoms. The monoisotopic (exact) mass is 291 g/mol. The van der Waals surface area contributed by atoms with Crippen LogP contribution in [0.3, 0.4) is 0 Å². The first-order chi connectivity index (χ1) is 9.67. The molecular formula is C14H14ClN3O2. The van der Waals surface area contributed by atoms with Crippen molar-refractivity contribution in [3.63, 3.8) is 0 Å². The number of aromatic nitrogens is 2. The zero-order valence-electron chi connectivity index (χ0n) is 11.0. The highest BCUT2D eigenvalue weighted by Crippen LogP contribution is 2.19. The summed E-state index contributed by atoms with van der Waals surface area (Å²) in [7, 11) is 0. The number of ether oxygens (including phenoxy) is 1. The van der Waals surface area contributed by atoms with E-state index in [0.29, 0.717) is 11.6 Å². The van der Waals surface area contributed by atoms with Gasteiger partial charge in [0.15, 0.2) is 0 Å². The normalized spacial score (nSPS) is 10.1. The molecule has 1 aromatic heterocycles. The van der Waals surface area contributed by atoms with Crippen LogP contribution in [0.2, 0.25) is 0 Å². The van der Waals surface area contributed by atoms with Gasteiger partial charge in [-0.15, -0.1) is 11.6 Å². The van der Waals surface area contributed by atoms with Crippen LogP contribution in [0.25, 0.3) is 0 Å². The lowest BCUT2D eigenvalue weighted by molar-refractivity contribution is -0.133. The summed E-state index contributed by atoms with van der Waals surface area (Å²) in [5, 5.41) is 3.14. The maximum atomic E-state index is 11.3. The second-order valence-electron chi connectivity index (χ2n) is 4.11. The molecule has 0 aliphatic carbocycles. The maximum absolute atomic E-state index is 11.3. The Morgan fingerprint density at radius 1 is 1.30 bits per heavy atom. The standard InChI is InChI=1S/C14H14ClN3O2/c1-10-8-13(17-9-16-10)18-11-2-4-12(5-3-11)20-14(19)6-7-15/h2-5,8-9H,6-7H2,1H3,(H,16,17,18). The van der Waals surface area contributed by atoms with Crippen molar-refractivity contribution in [1.29, 1.82) is 0 Å². The number of alkyl halides is 1. The number of halogens is 1. The number of nitrogens with one attached hydrogen (secondary N) is 1. The molecule has 0 amide bonds. The summed E-state index contributed by atoms with van der Waals surface area (Å²) in [6, 6.07) is 8.88.